The van der Waals surface area contributed by atoms with Crippen LogP contribution in [0.25, 0.3) is 21.9 Å². The maximum atomic E-state index is 6.37. The number of rotatable bonds is 6. The van der Waals surface area contributed by atoms with E-state index in [-0.39, 0.29) is 5.41 Å². The Bertz CT molecular complexity index is 2460. The normalized spacial score (nSPS) is 16.2. The van der Waals surface area contributed by atoms with Crippen molar-refractivity contribution in [3.05, 3.63) is 192 Å². The average Bonchev–Trinajstić information content (AvgIpc) is 3.86. The van der Waals surface area contributed by atoms with Crippen molar-refractivity contribution >= 4 is 56.1 Å². The number of furan rings is 1. The summed E-state index contributed by atoms with van der Waals surface area (Å²) in [4.78, 5) is 4.78. The average molecular weight is 645 g/mol. The van der Waals surface area contributed by atoms with Gasteiger partial charge in [-0.2, -0.15) is 0 Å². The molecule has 0 aliphatic heterocycles. The highest BCUT2D eigenvalue weighted by molar-refractivity contribution is 6.06. The minimum Gasteiger partial charge on any atom is -0.456 e. The van der Waals surface area contributed by atoms with E-state index in [0.29, 0.717) is 0 Å². The Morgan fingerprint density at radius 3 is 1.38 bits per heavy atom. The zero-order valence-corrected chi connectivity index (χ0v) is 27.8. The molecule has 10 rings (SSSR count). The third kappa shape index (κ3) is 4.58. The van der Waals surface area contributed by atoms with Crippen LogP contribution in [0.15, 0.2) is 174 Å². The molecule has 1 atom stereocenters. The van der Waals surface area contributed by atoms with E-state index < -0.39 is 0 Å². The number of fused-ring (bicyclic) bond motifs is 7. The van der Waals surface area contributed by atoms with Crippen molar-refractivity contribution in [3.8, 4) is 0 Å². The van der Waals surface area contributed by atoms with Crippen molar-refractivity contribution in [2.45, 2.75) is 31.1 Å². The first-order valence-corrected chi connectivity index (χ1v) is 17.7. The second-order valence-corrected chi connectivity index (χ2v) is 13.7. The van der Waals surface area contributed by atoms with Crippen LogP contribution in [0.3, 0.4) is 0 Å². The molecule has 0 unspecified atom stereocenters. The van der Waals surface area contributed by atoms with Gasteiger partial charge >= 0.3 is 0 Å². The van der Waals surface area contributed by atoms with E-state index in [1.165, 1.54) is 45.0 Å². The molecule has 2 aliphatic rings. The van der Waals surface area contributed by atoms with E-state index in [4.69, 9.17) is 4.42 Å². The fourth-order valence-electron chi connectivity index (χ4n) is 8.72. The van der Waals surface area contributed by atoms with Gasteiger partial charge in [-0.05, 0) is 127 Å². The second kappa shape index (κ2) is 11.5. The Morgan fingerprint density at radius 2 is 0.820 bits per heavy atom. The quantitative estimate of drug-likeness (QED) is 0.180. The first-order valence-electron chi connectivity index (χ1n) is 17.7. The molecular weight excluding hydrogens is 609 g/mol. The van der Waals surface area contributed by atoms with Gasteiger partial charge in [0.15, 0.2) is 0 Å². The number of benzene rings is 7. The van der Waals surface area contributed by atoms with Gasteiger partial charge in [0.2, 0.25) is 0 Å². The van der Waals surface area contributed by atoms with Crippen molar-refractivity contribution in [1.29, 1.82) is 0 Å². The molecule has 0 bridgehead atoms. The van der Waals surface area contributed by atoms with Crippen LogP contribution in [0.2, 0.25) is 0 Å². The van der Waals surface area contributed by atoms with Gasteiger partial charge in [0.25, 0.3) is 0 Å². The molecule has 1 heterocycles. The molecular formula is C47H36N2O. The summed E-state index contributed by atoms with van der Waals surface area (Å²) in [5.74, 6) is 0. The van der Waals surface area contributed by atoms with E-state index >= 15 is 0 Å². The number of aryl methyl sites for hydroxylation is 2. The summed E-state index contributed by atoms with van der Waals surface area (Å²) in [6, 6.07) is 61.5. The van der Waals surface area contributed by atoms with E-state index in [0.717, 1.165) is 59.0 Å². The molecule has 2 aliphatic carbocycles. The Kier molecular flexibility index (Phi) is 6.67. The topological polar surface area (TPSA) is 19.6 Å². The SMILES string of the molecule is c1ccc(N(c2ccccc2)c2ccc3c(c2)[C@@]2(CC3)CCc3ccc(N(c4ccccc4)c4ccc5c(c4)oc4ccccc45)cc32)cc1. The maximum Gasteiger partial charge on any atom is 0.137 e. The Balaban J connectivity index is 1.10. The maximum absolute atomic E-state index is 6.37. The predicted octanol–water partition coefficient (Wildman–Crippen LogP) is 12.7. The van der Waals surface area contributed by atoms with Crippen molar-refractivity contribution in [1.82, 2.24) is 0 Å². The summed E-state index contributed by atoms with van der Waals surface area (Å²) >= 11 is 0. The highest BCUT2D eigenvalue weighted by Crippen LogP contribution is 2.55. The number of hydrogen-bond donors (Lipinski definition) is 0. The summed E-state index contributed by atoms with van der Waals surface area (Å²) in [6.45, 7) is 0. The Morgan fingerprint density at radius 1 is 0.380 bits per heavy atom. The highest BCUT2D eigenvalue weighted by Gasteiger charge is 2.45. The van der Waals surface area contributed by atoms with Gasteiger partial charge in [-0.3, -0.25) is 0 Å². The molecule has 3 nitrogen and oxygen atoms in total. The van der Waals surface area contributed by atoms with Gasteiger partial charge in [-0.15, -0.1) is 0 Å². The zero-order valence-electron chi connectivity index (χ0n) is 27.8. The van der Waals surface area contributed by atoms with E-state index in [1.54, 1.807) is 0 Å². The third-order valence-electron chi connectivity index (χ3n) is 11.0. The van der Waals surface area contributed by atoms with Crippen LogP contribution < -0.4 is 9.80 Å². The fraction of sp³-hybridized carbons (Fsp3) is 0.106. The lowest BCUT2D eigenvalue weighted by atomic mass is 9.76. The second-order valence-electron chi connectivity index (χ2n) is 13.7. The van der Waals surface area contributed by atoms with Crippen LogP contribution in [0.4, 0.5) is 34.1 Å². The predicted molar refractivity (Wildman–Crippen MR) is 207 cm³/mol. The standard InChI is InChI=1S/C47H36N2O/c1-4-12-35(13-5-1)48(36-14-6-2-7-15-36)38-22-20-33-26-28-47(43(33)30-38)29-27-34-21-23-39(31-44(34)47)49(37-16-8-3-9-17-37)40-24-25-42-41-18-10-11-19-45(41)50-46(42)32-40/h1-25,30-32H,26-29H2/t47-/m1/s1. The monoisotopic (exact) mass is 644 g/mol. The van der Waals surface area contributed by atoms with Crippen molar-refractivity contribution in [3.63, 3.8) is 0 Å². The van der Waals surface area contributed by atoms with Crippen LogP contribution in [0.1, 0.15) is 35.1 Å². The Labute approximate surface area is 292 Å². The van der Waals surface area contributed by atoms with Crippen molar-refractivity contribution in [2.75, 3.05) is 9.80 Å². The molecule has 0 fully saturated rings. The van der Waals surface area contributed by atoms with Gasteiger partial charge in [-0.25, -0.2) is 0 Å². The molecule has 0 N–H and O–H groups in total. The molecule has 240 valence electrons. The summed E-state index contributed by atoms with van der Waals surface area (Å²) in [5.41, 5.74) is 14.6. The van der Waals surface area contributed by atoms with Crippen molar-refractivity contribution in [2.24, 2.45) is 0 Å². The van der Waals surface area contributed by atoms with Gasteiger partial charge in [0.05, 0.1) is 0 Å². The molecule has 0 amide bonds. The lowest BCUT2D eigenvalue weighted by Gasteiger charge is -2.31. The van der Waals surface area contributed by atoms with Gasteiger partial charge in [-0.1, -0.05) is 84.9 Å². The molecule has 3 heteroatoms. The number of nitrogens with zero attached hydrogens (tertiary/aromatic N) is 2. The molecule has 0 radical (unpaired) electrons. The van der Waals surface area contributed by atoms with Crippen LogP contribution in [-0.2, 0) is 18.3 Å². The molecule has 0 saturated heterocycles. The lowest BCUT2D eigenvalue weighted by molar-refractivity contribution is 0.507. The highest BCUT2D eigenvalue weighted by atomic mass is 16.3. The van der Waals surface area contributed by atoms with E-state index in [9.17, 15) is 0 Å². The summed E-state index contributed by atoms with van der Waals surface area (Å²) in [5, 5.41) is 2.29. The van der Waals surface area contributed by atoms with Crippen molar-refractivity contribution < 1.29 is 4.42 Å². The summed E-state index contributed by atoms with van der Waals surface area (Å²) < 4.78 is 6.37. The lowest BCUT2D eigenvalue weighted by Crippen LogP contribution is -2.22. The smallest absolute Gasteiger partial charge is 0.137 e. The summed E-state index contributed by atoms with van der Waals surface area (Å²) in [6.07, 6.45) is 4.46. The minimum absolute atomic E-state index is 0.0131. The number of hydrogen-bond acceptors (Lipinski definition) is 3. The van der Waals surface area contributed by atoms with E-state index in [2.05, 4.69) is 168 Å². The first-order chi connectivity index (χ1) is 24.7. The van der Waals surface area contributed by atoms with Crippen LogP contribution in [-0.4, -0.2) is 0 Å². The van der Waals surface area contributed by atoms with Crippen LogP contribution >= 0.6 is 0 Å². The number of anilines is 6. The zero-order chi connectivity index (χ0) is 33.1. The number of para-hydroxylation sites is 4. The van der Waals surface area contributed by atoms with Gasteiger partial charge < -0.3 is 14.2 Å². The molecule has 8 aromatic rings. The first kappa shape index (κ1) is 28.9. The minimum atomic E-state index is -0.0131. The van der Waals surface area contributed by atoms with E-state index in [1.807, 2.05) is 12.1 Å². The summed E-state index contributed by atoms with van der Waals surface area (Å²) in [7, 11) is 0. The Hall–Kier alpha value is -6.06. The molecule has 1 spiro atoms. The third-order valence-corrected chi connectivity index (χ3v) is 11.0. The van der Waals surface area contributed by atoms with Gasteiger partial charge in [0.1, 0.15) is 11.2 Å². The largest absolute Gasteiger partial charge is 0.456 e. The molecule has 7 aromatic carbocycles. The molecule has 1 aromatic heterocycles. The van der Waals surface area contributed by atoms with Crippen LogP contribution in [0.5, 0.6) is 0 Å². The van der Waals surface area contributed by atoms with Crippen LogP contribution in [0, 0.1) is 0 Å². The molecule has 0 saturated carbocycles. The fourth-order valence-corrected chi connectivity index (χ4v) is 8.72. The molecule has 50 heavy (non-hydrogen) atoms. The van der Waals surface area contributed by atoms with Gasteiger partial charge in [0, 0.05) is 56.4 Å².